The minimum Gasteiger partial charge on any atom is -0.508 e. The number of aliphatic hydroxyl groups excluding tert-OH is 1. The second-order valence-corrected chi connectivity index (χ2v) is 4.07. The average Bonchev–Trinajstić information content (AvgIpc) is 2.36. The van der Waals surface area contributed by atoms with Gasteiger partial charge in [-0.1, -0.05) is 0 Å². The molecular weight excluding hydrogens is 237 g/mol. The number of benzene rings is 1. The van der Waals surface area contributed by atoms with Gasteiger partial charge in [0.2, 0.25) is 0 Å². The van der Waals surface area contributed by atoms with Crippen LogP contribution < -0.4 is 5.32 Å². The molecule has 3 N–H and O–H groups in total. The summed E-state index contributed by atoms with van der Waals surface area (Å²) in [5, 5.41) is 21.3. The van der Waals surface area contributed by atoms with Gasteiger partial charge in [-0.15, -0.1) is 0 Å². The monoisotopic (exact) mass is 257 g/mol. The molecule has 1 rings (SSSR count). The fourth-order valence-electron chi connectivity index (χ4n) is 1.64. The van der Waals surface area contributed by atoms with Crippen molar-refractivity contribution in [2.45, 2.75) is 19.4 Å². The van der Waals surface area contributed by atoms with Crippen molar-refractivity contribution in [1.29, 1.82) is 0 Å². The molecule has 0 aliphatic heterocycles. The number of aromatic hydroxyl groups is 1. The van der Waals surface area contributed by atoms with Gasteiger partial charge in [-0.3, -0.25) is 0 Å². The van der Waals surface area contributed by atoms with Crippen LogP contribution in [0.2, 0.25) is 0 Å². The molecule has 18 heavy (non-hydrogen) atoms. The molecule has 0 saturated carbocycles. The standard InChI is InChI=1S/C13H20FNO3/c1-10(15-5-2-7-18-8-6-16)12-9-11(14)3-4-13(12)17/h3-4,9-10,15-17H,2,5-8H2,1H3. The third-order valence-electron chi connectivity index (χ3n) is 2.61. The molecule has 0 saturated heterocycles. The number of nitrogens with one attached hydrogen (secondary N) is 1. The number of hydrogen-bond acceptors (Lipinski definition) is 4. The van der Waals surface area contributed by atoms with E-state index in [2.05, 4.69) is 5.32 Å². The summed E-state index contributed by atoms with van der Waals surface area (Å²) in [5.74, 6) is -0.268. The van der Waals surface area contributed by atoms with Crippen molar-refractivity contribution < 1.29 is 19.3 Å². The van der Waals surface area contributed by atoms with Crippen molar-refractivity contribution in [3.63, 3.8) is 0 Å². The van der Waals surface area contributed by atoms with Gasteiger partial charge in [-0.05, 0) is 38.1 Å². The lowest BCUT2D eigenvalue weighted by Gasteiger charge is -2.15. The van der Waals surface area contributed by atoms with Crippen LogP contribution in [0.3, 0.4) is 0 Å². The lowest BCUT2D eigenvalue weighted by Crippen LogP contribution is -2.21. The minimum atomic E-state index is -0.359. The van der Waals surface area contributed by atoms with Gasteiger partial charge in [0.1, 0.15) is 11.6 Å². The van der Waals surface area contributed by atoms with Crippen molar-refractivity contribution in [1.82, 2.24) is 5.32 Å². The third-order valence-corrected chi connectivity index (χ3v) is 2.61. The lowest BCUT2D eigenvalue weighted by atomic mass is 10.1. The Hall–Kier alpha value is -1.17. The van der Waals surface area contributed by atoms with Gasteiger partial charge in [0.25, 0.3) is 0 Å². The van der Waals surface area contributed by atoms with E-state index in [4.69, 9.17) is 9.84 Å². The molecule has 4 nitrogen and oxygen atoms in total. The van der Waals surface area contributed by atoms with Crippen molar-refractivity contribution >= 4 is 0 Å². The SMILES string of the molecule is CC(NCCCOCCO)c1cc(F)ccc1O. The summed E-state index contributed by atoms with van der Waals surface area (Å²) < 4.78 is 18.2. The van der Waals surface area contributed by atoms with E-state index in [9.17, 15) is 9.50 Å². The van der Waals surface area contributed by atoms with Crippen LogP contribution in [0.5, 0.6) is 5.75 Å². The fraction of sp³-hybridized carbons (Fsp3) is 0.538. The van der Waals surface area contributed by atoms with Crippen LogP contribution in [-0.2, 0) is 4.74 Å². The summed E-state index contributed by atoms with van der Waals surface area (Å²) in [7, 11) is 0. The first-order valence-corrected chi connectivity index (χ1v) is 6.05. The zero-order valence-electron chi connectivity index (χ0n) is 10.5. The number of phenols is 1. The van der Waals surface area contributed by atoms with Crippen molar-refractivity contribution in [3.05, 3.63) is 29.6 Å². The first-order valence-electron chi connectivity index (χ1n) is 6.05. The molecule has 0 radical (unpaired) electrons. The Balaban J connectivity index is 2.31. The first kappa shape index (κ1) is 14.9. The molecule has 0 bridgehead atoms. The van der Waals surface area contributed by atoms with Crippen LogP contribution in [0.25, 0.3) is 0 Å². The Kier molecular flexibility index (Phi) is 6.64. The number of hydrogen-bond donors (Lipinski definition) is 3. The molecule has 0 heterocycles. The van der Waals surface area contributed by atoms with E-state index in [1.807, 2.05) is 6.92 Å². The maximum absolute atomic E-state index is 13.1. The molecule has 0 aliphatic carbocycles. The number of ether oxygens (including phenoxy) is 1. The first-order chi connectivity index (χ1) is 8.65. The number of aliphatic hydroxyl groups is 1. The normalized spacial score (nSPS) is 12.6. The van der Waals surface area contributed by atoms with Gasteiger partial charge in [0.15, 0.2) is 0 Å². The van der Waals surface area contributed by atoms with Gasteiger partial charge in [0.05, 0.1) is 13.2 Å². The molecule has 0 aliphatic rings. The minimum absolute atomic E-state index is 0.0288. The fourth-order valence-corrected chi connectivity index (χ4v) is 1.64. The summed E-state index contributed by atoms with van der Waals surface area (Å²) in [5.41, 5.74) is 0.547. The quantitative estimate of drug-likeness (QED) is 0.619. The molecule has 0 aromatic heterocycles. The molecule has 0 spiro atoms. The molecule has 102 valence electrons. The summed E-state index contributed by atoms with van der Waals surface area (Å²) in [6.45, 7) is 3.50. The lowest BCUT2D eigenvalue weighted by molar-refractivity contribution is 0.0904. The zero-order valence-corrected chi connectivity index (χ0v) is 10.5. The summed E-state index contributed by atoms with van der Waals surface area (Å²) in [4.78, 5) is 0. The Labute approximate surface area is 106 Å². The van der Waals surface area contributed by atoms with Crippen molar-refractivity contribution in [2.75, 3.05) is 26.4 Å². The van der Waals surface area contributed by atoms with E-state index in [1.54, 1.807) is 0 Å². The summed E-state index contributed by atoms with van der Waals surface area (Å²) >= 11 is 0. The number of rotatable bonds is 8. The van der Waals surface area contributed by atoms with Crippen LogP contribution >= 0.6 is 0 Å². The predicted molar refractivity (Wildman–Crippen MR) is 67.0 cm³/mol. The maximum atomic E-state index is 13.1. The molecular formula is C13H20FNO3. The van der Waals surface area contributed by atoms with Crippen LogP contribution in [0, 0.1) is 5.82 Å². The highest BCUT2D eigenvalue weighted by molar-refractivity contribution is 5.34. The van der Waals surface area contributed by atoms with E-state index < -0.39 is 0 Å². The van der Waals surface area contributed by atoms with Gasteiger partial charge in [-0.2, -0.15) is 0 Å². The molecule has 1 aromatic carbocycles. The van der Waals surface area contributed by atoms with Crippen LogP contribution in [0.15, 0.2) is 18.2 Å². The van der Waals surface area contributed by atoms with E-state index in [1.165, 1.54) is 18.2 Å². The zero-order chi connectivity index (χ0) is 13.4. The van der Waals surface area contributed by atoms with Crippen molar-refractivity contribution in [3.8, 4) is 5.75 Å². The van der Waals surface area contributed by atoms with E-state index in [0.29, 0.717) is 25.3 Å². The van der Waals surface area contributed by atoms with Crippen molar-refractivity contribution in [2.24, 2.45) is 0 Å². The van der Waals surface area contributed by atoms with Gasteiger partial charge in [0, 0.05) is 18.2 Å². The maximum Gasteiger partial charge on any atom is 0.123 e. The predicted octanol–water partition coefficient (Wildman–Crippen LogP) is 1.58. The highest BCUT2D eigenvalue weighted by Crippen LogP contribution is 2.24. The second-order valence-electron chi connectivity index (χ2n) is 4.07. The Morgan fingerprint density at radius 2 is 2.17 bits per heavy atom. The smallest absolute Gasteiger partial charge is 0.123 e. The highest BCUT2D eigenvalue weighted by Gasteiger charge is 2.10. The molecule has 1 unspecified atom stereocenters. The number of phenolic OH excluding ortho intramolecular Hbond substituents is 1. The second kappa shape index (κ2) is 8.02. The van der Waals surface area contributed by atoms with E-state index in [0.717, 1.165) is 6.42 Å². The van der Waals surface area contributed by atoms with Crippen LogP contribution in [0.1, 0.15) is 24.9 Å². The average molecular weight is 257 g/mol. The van der Waals surface area contributed by atoms with E-state index >= 15 is 0 Å². The number of halogens is 1. The highest BCUT2D eigenvalue weighted by atomic mass is 19.1. The summed E-state index contributed by atoms with van der Waals surface area (Å²) in [6, 6.07) is 3.79. The Bertz CT molecular complexity index is 360. The topological polar surface area (TPSA) is 61.7 Å². The van der Waals surface area contributed by atoms with Crippen LogP contribution in [-0.4, -0.2) is 36.6 Å². The van der Waals surface area contributed by atoms with E-state index in [-0.39, 0.29) is 24.2 Å². The van der Waals surface area contributed by atoms with Gasteiger partial charge >= 0.3 is 0 Å². The molecule has 0 fully saturated rings. The molecule has 5 heteroatoms. The van der Waals surface area contributed by atoms with Gasteiger partial charge in [-0.25, -0.2) is 4.39 Å². The van der Waals surface area contributed by atoms with Gasteiger partial charge < -0.3 is 20.3 Å². The molecule has 1 atom stereocenters. The molecule has 1 aromatic rings. The largest absolute Gasteiger partial charge is 0.508 e. The Morgan fingerprint density at radius 1 is 1.39 bits per heavy atom. The summed E-state index contributed by atoms with van der Waals surface area (Å²) in [6.07, 6.45) is 0.792. The Morgan fingerprint density at radius 3 is 2.89 bits per heavy atom. The molecule has 0 amide bonds. The van der Waals surface area contributed by atoms with Crippen LogP contribution in [0.4, 0.5) is 4.39 Å². The third kappa shape index (κ3) is 5.00.